The first kappa shape index (κ1) is 21.6. The first-order valence-corrected chi connectivity index (χ1v) is 9.85. The highest BCUT2D eigenvalue weighted by atomic mass is 16.4. The highest BCUT2D eigenvalue weighted by Gasteiger charge is 2.20. The van der Waals surface area contributed by atoms with Crippen LogP contribution in [-0.4, -0.2) is 69.0 Å². The molecule has 0 atom stereocenters. The summed E-state index contributed by atoms with van der Waals surface area (Å²) in [6.45, 7) is 8.42. The van der Waals surface area contributed by atoms with Crippen LogP contribution < -0.4 is 0 Å². The zero-order chi connectivity index (χ0) is 21.7. The van der Waals surface area contributed by atoms with Gasteiger partial charge in [0, 0.05) is 61.5 Å². The summed E-state index contributed by atoms with van der Waals surface area (Å²) in [5.41, 5.74) is 4.61. The number of phenolic OH excluding ortho intramolecular Hbond substituents is 2. The Morgan fingerprint density at radius 1 is 0.733 bits per heavy atom. The maximum Gasteiger partial charge on any atom is 0.128 e. The van der Waals surface area contributed by atoms with E-state index in [0.29, 0.717) is 24.2 Å². The fourth-order valence-electron chi connectivity index (χ4n) is 3.92. The summed E-state index contributed by atoms with van der Waals surface area (Å²) in [6, 6.07) is 7.46. The zero-order valence-electron chi connectivity index (χ0n) is 17.3. The van der Waals surface area contributed by atoms with Crippen LogP contribution in [0.3, 0.4) is 0 Å². The van der Waals surface area contributed by atoms with E-state index < -0.39 is 0 Å². The van der Waals surface area contributed by atoms with Crippen molar-refractivity contribution in [3.63, 3.8) is 0 Å². The molecule has 0 aliphatic carbocycles. The van der Waals surface area contributed by atoms with Gasteiger partial charge in [0.1, 0.15) is 11.5 Å². The molecule has 1 saturated heterocycles. The number of nitrogens with zero attached hydrogens (tertiary/aromatic N) is 4. The molecule has 0 unspecified atom stereocenters. The molecule has 1 heterocycles. The van der Waals surface area contributed by atoms with E-state index in [1.54, 1.807) is 12.1 Å². The predicted molar refractivity (Wildman–Crippen MR) is 115 cm³/mol. The lowest BCUT2D eigenvalue weighted by atomic mass is 10.0. The highest BCUT2D eigenvalue weighted by molar-refractivity contribution is 5.84. The van der Waals surface area contributed by atoms with Crippen molar-refractivity contribution in [2.75, 3.05) is 26.2 Å². The third kappa shape index (κ3) is 5.08. The third-order valence-electron chi connectivity index (χ3n) is 5.37. The standard InChI is InChI=1S/C22H28N4O4/c1-15-7-17(11-23-29)21(27)19(9-15)13-25-3-5-26(6-4-25)14-20-10-16(2)8-18(12-24-30)22(20)28/h7-12,27-30H,3-6,13-14H2,1-2H3/b23-11+,24-12+. The summed E-state index contributed by atoms with van der Waals surface area (Å²) in [7, 11) is 0. The van der Waals surface area contributed by atoms with Crippen LogP contribution in [0.25, 0.3) is 0 Å². The Hall–Kier alpha value is -3.10. The van der Waals surface area contributed by atoms with Crippen molar-refractivity contribution in [2.45, 2.75) is 26.9 Å². The molecule has 2 aromatic carbocycles. The van der Waals surface area contributed by atoms with Crippen LogP contribution in [0, 0.1) is 13.8 Å². The van der Waals surface area contributed by atoms with Crippen molar-refractivity contribution in [1.82, 2.24) is 9.80 Å². The minimum absolute atomic E-state index is 0.142. The number of benzene rings is 2. The van der Waals surface area contributed by atoms with Gasteiger partial charge >= 0.3 is 0 Å². The Morgan fingerprint density at radius 2 is 1.10 bits per heavy atom. The molecule has 0 radical (unpaired) electrons. The fourth-order valence-corrected chi connectivity index (χ4v) is 3.92. The SMILES string of the molecule is Cc1cc(/C=N/O)c(O)c(CN2CCN(Cc3cc(C)cc(/C=N/O)c3O)CC2)c1. The summed E-state index contributed by atoms with van der Waals surface area (Å²) in [4.78, 5) is 4.54. The van der Waals surface area contributed by atoms with E-state index in [-0.39, 0.29) is 11.5 Å². The van der Waals surface area contributed by atoms with Gasteiger partial charge in [-0.25, -0.2) is 0 Å². The first-order chi connectivity index (χ1) is 14.4. The first-order valence-electron chi connectivity index (χ1n) is 9.85. The van der Waals surface area contributed by atoms with E-state index in [2.05, 4.69) is 20.1 Å². The second-order valence-corrected chi connectivity index (χ2v) is 7.77. The number of aryl methyl sites for hydroxylation is 2. The zero-order valence-corrected chi connectivity index (χ0v) is 17.3. The lowest BCUT2D eigenvalue weighted by molar-refractivity contribution is 0.120. The summed E-state index contributed by atoms with van der Waals surface area (Å²) in [5.74, 6) is 0.284. The maximum atomic E-state index is 10.5. The number of phenols is 2. The van der Waals surface area contributed by atoms with Crippen LogP contribution in [0.4, 0.5) is 0 Å². The average molecular weight is 412 g/mol. The molecule has 0 amide bonds. The van der Waals surface area contributed by atoms with E-state index >= 15 is 0 Å². The van der Waals surface area contributed by atoms with Crippen molar-refractivity contribution in [2.24, 2.45) is 10.3 Å². The van der Waals surface area contributed by atoms with Crippen LogP contribution in [0.1, 0.15) is 33.4 Å². The Morgan fingerprint density at radius 3 is 1.43 bits per heavy atom. The van der Waals surface area contributed by atoms with Gasteiger partial charge in [-0.05, 0) is 37.1 Å². The van der Waals surface area contributed by atoms with Crippen molar-refractivity contribution in [3.8, 4) is 11.5 Å². The molecule has 0 aromatic heterocycles. The highest BCUT2D eigenvalue weighted by Crippen LogP contribution is 2.27. The molecule has 0 spiro atoms. The van der Waals surface area contributed by atoms with Gasteiger partial charge in [0.05, 0.1) is 12.4 Å². The van der Waals surface area contributed by atoms with Gasteiger partial charge in [0.25, 0.3) is 0 Å². The second kappa shape index (κ2) is 9.60. The minimum Gasteiger partial charge on any atom is -0.507 e. The number of hydrogen-bond donors (Lipinski definition) is 4. The maximum absolute atomic E-state index is 10.5. The Kier molecular flexibility index (Phi) is 6.91. The molecule has 30 heavy (non-hydrogen) atoms. The smallest absolute Gasteiger partial charge is 0.128 e. The van der Waals surface area contributed by atoms with E-state index in [1.165, 1.54) is 12.4 Å². The third-order valence-corrected chi connectivity index (χ3v) is 5.37. The summed E-state index contributed by atoms with van der Waals surface area (Å²) in [5, 5.41) is 44.5. The molecular formula is C22H28N4O4. The molecular weight excluding hydrogens is 384 g/mol. The number of piperazine rings is 1. The van der Waals surface area contributed by atoms with Gasteiger partial charge < -0.3 is 20.6 Å². The molecule has 1 fully saturated rings. The van der Waals surface area contributed by atoms with E-state index in [1.807, 2.05) is 26.0 Å². The quantitative estimate of drug-likeness (QED) is 0.330. The summed E-state index contributed by atoms with van der Waals surface area (Å²) < 4.78 is 0. The van der Waals surface area contributed by atoms with Crippen molar-refractivity contribution in [1.29, 1.82) is 0 Å². The predicted octanol–water partition coefficient (Wildman–Crippen LogP) is 2.65. The van der Waals surface area contributed by atoms with Gasteiger partial charge in [-0.3, -0.25) is 9.80 Å². The van der Waals surface area contributed by atoms with Gasteiger partial charge in [-0.15, -0.1) is 0 Å². The molecule has 4 N–H and O–H groups in total. The van der Waals surface area contributed by atoms with Gasteiger partial charge in [0.2, 0.25) is 0 Å². The Bertz CT molecular complexity index is 873. The lowest BCUT2D eigenvalue weighted by Gasteiger charge is -2.35. The Labute approximate surface area is 176 Å². The largest absolute Gasteiger partial charge is 0.507 e. The molecule has 8 nitrogen and oxygen atoms in total. The molecule has 8 heteroatoms. The van der Waals surface area contributed by atoms with Crippen molar-refractivity contribution < 1.29 is 20.6 Å². The van der Waals surface area contributed by atoms with Crippen LogP contribution in [0.2, 0.25) is 0 Å². The molecule has 2 aromatic rings. The van der Waals surface area contributed by atoms with Crippen LogP contribution in [-0.2, 0) is 13.1 Å². The van der Waals surface area contributed by atoms with Crippen LogP contribution >= 0.6 is 0 Å². The number of rotatable bonds is 6. The van der Waals surface area contributed by atoms with Crippen molar-refractivity contribution >= 4 is 12.4 Å². The molecule has 3 rings (SSSR count). The molecule has 1 aliphatic heterocycles. The van der Waals surface area contributed by atoms with Gasteiger partial charge in [0.15, 0.2) is 0 Å². The number of aromatic hydroxyl groups is 2. The number of oxime groups is 2. The molecule has 1 aliphatic rings. The summed E-state index contributed by atoms with van der Waals surface area (Å²) in [6.07, 6.45) is 2.49. The fraction of sp³-hybridized carbons (Fsp3) is 0.364. The van der Waals surface area contributed by atoms with Gasteiger partial charge in [-0.1, -0.05) is 22.4 Å². The Balaban J connectivity index is 1.64. The monoisotopic (exact) mass is 412 g/mol. The normalized spacial score (nSPS) is 16.1. The average Bonchev–Trinajstić information content (AvgIpc) is 2.71. The topological polar surface area (TPSA) is 112 Å². The van der Waals surface area contributed by atoms with Crippen LogP contribution in [0.5, 0.6) is 11.5 Å². The molecule has 160 valence electrons. The lowest BCUT2D eigenvalue weighted by Crippen LogP contribution is -2.45. The van der Waals surface area contributed by atoms with E-state index in [0.717, 1.165) is 48.4 Å². The summed E-state index contributed by atoms with van der Waals surface area (Å²) >= 11 is 0. The molecule has 0 bridgehead atoms. The van der Waals surface area contributed by atoms with Gasteiger partial charge in [-0.2, -0.15) is 0 Å². The van der Waals surface area contributed by atoms with Crippen LogP contribution in [0.15, 0.2) is 34.6 Å². The number of hydrogen-bond acceptors (Lipinski definition) is 8. The molecule has 0 saturated carbocycles. The minimum atomic E-state index is 0.142. The van der Waals surface area contributed by atoms with E-state index in [4.69, 9.17) is 10.4 Å². The van der Waals surface area contributed by atoms with Crippen molar-refractivity contribution in [3.05, 3.63) is 57.6 Å². The second-order valence-electron chi connectivity index (χ2n) is 7.77. The van der Waals surface area contributed by atoms with E-state index in [9.17, 15) is 10.2 Å².